The highest BCUT2D eigenvalue weighted by atomic mass is 32.2. The molecular weight excluding hydrogens is 334 g/mol. The largest absolute Gasteiger partial charge is 0.300 e. The fraction of sp³-hybridized carbons (Fsp3) is 0.500. The number of nitrogens with one attached hydrogen (secondary N) is 1. The summed E-state index contributed by atoms with van der Waals surface area (Å²) in [7, 11) is 0. The zero-order valence-corrected chi connectivity index (χ0v) is 14.5. The molecule has 2 aromatic rings. The van der Waals surface area contributed by atoms with Crippen molar-refractivity contribution in [2.24, 2.45) is 0 Å². The lowest BCUT2D eigenvalue weighted by molar-refractivity contribution is -0.116. The van der Waals surface area contributed by atoms with E-state index in [4.69, 9.17) is 0 Å². The highest BCUT2D eigenvalue weighted by Crippen LogP contribution is 2.32. The first-order chi connectivity index (χ1) is 11.1. The first kappa shape index (κ1) is 16.1. The van der Waals surface area contributed by atoms with E-state index in [1.165, 1.54) is 23.1 Å². The van der Waals surface area contributed by atoms with Crippen molar-refractivity contribution in [3.05, 3.63) is 27.1 Å². The number of aryl methyl sites for hydroxylation is 2. The maximum atomic E-state index is 12.3. The van der Waals surface area contributed by atoms with Crippen LogP contribution < -0.4 is 10.9 Å². The summed E-state index contributed by atoms with van der Waals surface area (Å²) in [6.45, 7) is 3.89. The minimum Gasteiger partial charge on any atom is -0.300 e. The molecule has 1 aliphatic heterocycles. The summed E-state index contributed by atoms with van der Waals surface area (Å²) >= 11 is 2.86. The molecule has 3 rings (SSSR count). The number of anilines is 1. The Morgan fingerprint density at radius 1 is 1.48 bits per heavy atom. The molecule has 122 valence electrons. The SMILES string of the molecule is CCCc1cc(=O)n2c(n1)SCC2CC(=O)Nc1nnc(C)s1. The van der Waals surface area contributed by atoms with E-state index >= 15 is 0 Å². The zero-order chi connectivity index (χ0) is 16.4. The first-order valence-electron chi connectivity index (χ1n) is 7.42. The van der Waals surface area contributed by atoms with Gasteiger partial charge in [-0.25, -0.2) is 4.98 Å². The molecule has 0 saturated carbocycles. The van der Waals surface area contributed by atoms with Gasteiger partial charge < -0.3 is 5.32 Å². The third-order valence-electron chi connectivity index (χ3n) is 3.44. The number of hydrogen-bond acceptors (Lipinski definition) is 7. The van der Waals surface area contributed by atoms with Crippen LogP contribution in [0.3, 0.4) is 0 Å². The lowest BCUT2D eigenvalue weighted by atomic mass is 10.2. The van der Waals surface area contributed by atoms with Crippen molar-refractivity contribution in [1.29, 1.82) is 0 Å². The zero-order valence-electron chi connectivity index (χ0n) is 12.9. The highest BCUT2D eigenvalue weighted by molar-refractivity contribution is 7.99. The summed E-state index contributed by atoms with van der Waals surface area (Å²) < 4.78 is 1.63. The van der Waals surface area contributed by atoms with Gasteiger partial charge in [0.25, 0.3) is 5.56 Å². The molecule has 0 fully saturated rings. The third-order valence-corrected chi connectivity index (χ3v) is 5.29. The predicted octanol–water partition coefficient (Wildman–Crippen LogP) is 2.03. The van der Waals surface area contributed by atoms with Crippen molar-refractivity contribution in [3.63, 3.8) is 0 Å². The second-order valence-corrected chi connectivity index (χ2v) is 7.50. The Morgan fingerprint density at radius 2 is 2.30 bits per heavy atom. The number of hydrogen-bond donors (Lipinski definition) is 1. The molecule has 0 aliphatic carbocycles. The quantitative estimate of drug-likeness (QED) is 0.829. The number of rotatable bonds is 5. The molecule has 1 unspecified atom stereocenters. The molecule has 1 aliphatic rings. The van der Waals surface area contributed by atoms with Crippen LogP contribution in [0.4, 0.5) is 5.13 Å². The van der Waals surface area contributed by atoms with Crippen LogP contribution in [0, 0.1) is 6.92 Å². The van der Waals surface area contributed by atoms with Crippen molar-refractivity contribution in [3.8, 4) is 0 Å². The second-order valence-electron chi connectivity index (χ2n) is 5.33. The smallest absolute Gasteiger partial charge is 0.254 e. The van der Waals surface area contributed by atoms with Gasteiger partial charge in [0.2, 0.25) is 11.0 Å². The van der Waals surface area contributed by atoms with E-state index in [1.807, 2.05) is 6.92 Å². The van der Waals surface area contributed by atoms with Crippen LogP contribution in [0.2, 0.25) is 0 Å². The van der Waals surface area contributed by atoms with Gasteiger partial charge in [-0.1, -0.05) is 36.4 Å². The van der Waals surface area contributed by atoms with Crippen molar-refractivity contribution >= 4 is 34.1 Å². The molecule has 0 bridgehead atoms. The molecule has 1 atom stereocenters. The third kappa shape index (κ3) is 3.61. The normalized spacial score (nSPS) is 16.3. The van der Waals surface area contributed by atoms with Gasteiger partial charge in [0.15, 0.2) is 5.16 Å². The molecule has 9 heteroatoms. The average Bonchev–Trinajstić information content (AvgIpc) is 3.06. The van der Waals surface area contributed by atoms with E-state index in [0.29, 0.717) is 16.0 Å². The summed E-state index contributed by atoms with van der Waals surface area (Å²) in [6, 6.07) is 1.41. The van der Waals surface area contributed by atoms with Gasteiger partial charge in [-0.2, -0.15) is 0 Å². The summed E-state index contributed by atoms with van der Waals surface area (Å²) in [5.74, 6) is 0.518. The van der Waals surface area contributed by atoms with Crippen LogP contribution in [0.15, 0.2) is 16.0 Å². The molecule has 2 aromatic heterocycles. The topological polar surface area (TPSA) is 89.8 Å². The van der Waals surface area contributed by atoms with Crippen LogP contribution in [0.1, 0.15) is 36.5 Å². The number of carbonyl (C=O) groups is 1. The average molecular weight is 351 g/mol. The van der Waals surface area contributed by atoms with Gasteiger partial charge >= 0.3 is 0 Å². The summed E-state index contributed by atoms with van der Waals surface area (Å²) in [4.78, 5) is 29.0. The fourth-order valence-electron chi connectivity index (χ4n) is 2.46. The van der Waals surface area contributed by atoms with Gasteiger partial charge in [0.05, 0.1) is 6.04 Å². The van der Waals surface area contributed by atoms with E-state index in [0.717, 1.165) is 23.5 Å². The molecule has 0 saturated heterocycles. The van der Waals surface area contributed by atoms with Crippen LogP contribution in [-0.2, 0) is 11.2 Å². The van der Waals surface area contributed by atoms with Gasteiger partial charge in [-0.15, -0.1) is 10.2 Å². The van der Waals surface area contributed by atoms with E-state index in [9.17, 15) is 9.59 Å². The van der Waals surface area contributed by atoms with Gasteiger partial charge in [0, 0.05) is 23.9 Å². The van der Waals surface area contributed by atoms with Gasteiger partial charge in [-0.3, -0.25) is 14.2 Å². The minimum absolute atomic E-state index is 0.0759. The van der Waals surface area contributed by atoms with E-state index in [1.54, 1.807) is 10.6 Å². The summed E-state index contributed by atoms with van der Waals surface area (Å²) in [6.07, 6.45) is 1.98. The highest BCUT2D eigenvalue weighted by Gasteiger charge is 2.27. The first-order valence-corrected chi connectivity index (χ1v) is 9.22. The summed E-state index contributed by atoms with van der Waals surface area (Å²) in [5, 5.41) is 12.5. The maximum Gasteiger partial charge on any atom is 0.254 e. The monoisotopic (exact) mass is 351 g/mol. The van der Waals surface area contributed by atoms with Crippen molar-refractivity contribution in [1.82, 2.24) is 19.7 Å². The molecule has 3 heterocycles. The molecule has 23 heavy (non-hydrogen) atoms. The number of fused-ring (bicyclic) bond motifs is 1. The van der Waals surface area contributed by atoms with Gasteiger partial charge in [-0.05, 0) is 13.3 Å². The number of aromatic nitrogens is 4. The molecule has 7 nitrogen and oxygen atoms in total. The molecule has 1 amide bonds. The Morgan fingerprint density at radius 3 is 3.00 bits per heavy atom. The van der Waals surface area contributed by atoms with Crippen LogP contribution in [0.25, 0.3) is 0 Å². The van der Waals surface area contributed by atoms with Crippen LogP contribution >= 0.6 is 23.1 Å². The van der Waals surface area contributed by atoms with E-state index in [2.05, 4.69) is 27.4 Å². The molecule has 0 radical (unpaired) electrons. The van der Waals surface area contributed by atoms with Crippen LogP contribution in [0.5, 0.6) is 0 Å². The van der Waals surface area contributed by atoms with Crippen molar-refractivity contribution in [2.75, 3.05) is 11.1 Å². The standard InChI is InChI=1S/C14H17N5O2S2/c1-3-4-9-5-12(21)19-10(7-22-14(19)15-9)6-11(20)16-13-18-17-8(2)23-13/h5,10H,3-4,6-7H2,1-2H3,(H,16,18,20). The Labute approximate surface area is 141 Å². The predicted molar refractivity (Wildman–Crippen MR) is 90.1 cm³/mol. The second kappa shape index (κ2) is 6.79. The molecular formula is C14H17N5O2S2. The maximum absolute atomic E-state index is 12.3. The van der Waals surface area contributed by atoms with Crippen LogP contribution in [-0.4, -0.2) is 31.4 Å². The van der Waals surface area contributed by atoms with Crippen molar-refractivity contribution < 1.29 is 4.79 Å². The molecule has 1 N–H and O–H groups in total. The minimum atomic E-state index is -0.167. The fourth-order valence-corrected chi connectivity index (χ4v) is 4.24. The summed E-state index contributed by atoms with van der Waals surface area (Å²) in [5.41, 5.74) is 0.749. The Hall–Kier alpha value is -1.74. The molecule has 0 spiro atoms. The Balaban J connectivity index is 1.72. The number of amides is 1. The number of thioether (sulfide) groups is 1. The lowest BCUT2D eigenvalue weighted by Crippen LogP contribution is -2.27. The molecule has 0 aromatic carbocycles. The number of carbonyl (C=O) groups excluding carboxylic acids is 1. The Bertz CT molecular complexity index is 786. The Kier molecular flexibility index (Phi) is 4.76. The van der Waals surface area contributed by atoms with E-state index in [-0.39, 0.29) is 23.9 Å². The van der Waals surface area contributed by atoms with Gasteiger partial charge in [0.1, 0.15) is 5.01 Å². The lowest BCUT2D eigenvalue weighted by Gasteiger charge is -2.12. The number of nitrogens with zero attached hydrogens (tertiary/aromatic N) is 4. The van der Waals surface area contributed by atoms with E-state index < -0.39 is 0 Å². The van der Waals surface area contributed by atoms with Crippen molar-refractivity contribution in [2.45, 2.75) is 44.3 Å².